The third kappa shape index (κ3) is 3.06. The Morgan fingerprint density at radius 1 is 1.43 bits per heavy atom. The van der Waals surface area contributed by atoms with Crippen molar-refractivity contribution in [3.63, 3.8) is 0 Å². The van der Waals surface area contributed by atoms with Crippen LogP contribution in [0.5, 0.6) is 0 Å². The summed E-state index contributed by atoms with van der Waals surface area (Å²) in [5.41, 5.74) is 2.02. The minimum absolute atomic E-state index is 0.249. The Kier molecular flexibility index (Phi) is 4.30. The zero-order valence-electron chi connectivity index (χ0n) is 13.2. The van der Waals surface area contributed by atoms with Crippen molar-refractivity contribution < 1.29 is 9.13 Å². The van der Waals surface area contributed by atoms with Gasteiger partial charge in [-0.2, -0.15) is 10.4 Å². The highest BCUT2D eigenvalue weighted by molar-refractivity contribution is 5.53. The number of aryl methyl sites for hydroxylation is 1. The fourth-order valence-corrected chi connectivity index (χ4v) is 3.29. The predicted octanol–water partition coefficient (Wildman–Crippen LogP) is 2.30. The molecule has 0 amide bonds. The van der Waals surface area contributed by atoms with Crippen LogP contribution < -0.4 is 4.90 Å². The minimum Gasteiger partial charge on any atom is -0.384 e. The monoisotopic (exact) mass is 314 g/mol. The zero-order valence-corrected chi connectivity index (χ0v) is 13.2. The van der Waals surface area contributed by atoms with E-state index < -0.39 is 0 Å². The highest BCUT2D eigenvalue weighted by atomic mass is 19.1. The van der Waals surface area contributed by atoms with E-state index in [-0.39, 0.29) is 17.7 Å². The first-order chi connectivity index (χ1) is 11.1. The summed E-state index contributed by atoms with van der Waals surface area (Å²) in [6.07, 6.45) is 3.87. The summed E-state index contributed by atoms with van der Waals surface area (Å²) in [5, 5.41) is 13.1. The van der Waals surface area contributed by atoms with Crippen LogP contribution in [0.4, 0.5) is 10.1 Å². The summed E-state index contributed by atoms with van der Waals surface area (Å²) >= 11 is 0. The van der Waals surface area contributed by atoms with Crippen LogP contribution in [0.3, 0.4) is 0 Å². The van der Waals surface area contributed by atoms with Gasteiger partial charge in [-0.15, -0.1) is 0 Å². The number of methoxy groups -OCH3 is 1. The highest BCUT2D eigenvalue weighted by Gasteiger charge is 2.35. The summed E-state index contributed by atoms with van der Waals surface area (Å²) in [6, 6.07) is 6.59. The van der Waals surface area contributed by atoms with Crippen LogP contribution in [0.1, 0.15) is 17.0 Å². The lowest BCUT2D eigenvalue weighted by molar-refractivity contribution is 0.153. The first-order valence-corrected chi connectivity index (χ1v) is 7.54. The van der Waals surface area contributed by atoms with Crippen LogP contribution in [-0.4, -0.2) is 36.6 Å². The summed E-state index contributed by atoms with van der Waals surface area (Å²) in [5.74, 6) is 0.171. The van der Waals surface area contributed by atoms with E-state index in [2.05, 4.69) is 5.10 Å². The molecule has 6 heteroatoms. The van der Waals surface area contributed by atoms with Gasteiger partial charge in [0.25, 0.3) is 0 Å². The molecular weight excluding hydrogens is 295 g/mol. The van der Waals surface area contributed by atoms with Gasteiger partial charge in [-0.1, -0.05) is 0 Å². The molecule has 0 bridgehead atoms. The average Bonchev–Trinajstić information content (AvgIpc) is 3.14. The molecule has 1 aromatic carbocycles. The van der Waals surface area contributed by atoms with Crippen molar-refractivity contribution in [3.8, 4) is 6.07 Å². The predicted molar refractivity (Wildman–Crippen MR) is 84.6 cm³/mol. The van der Waals surface area contributed by atoms with Crippen LogP contribution >= 0.6 is 0 Å². The number of hydrogen-bond donors (Lipinski definition) is 0. The maximum atomic E-state index is 14.3. The molecule has 1 fully saturated rings. The Balaban J connectivity index is 1.87. The van der Waals surface area contributed by atoms with Gasteiger partial charge < -0.3 is 9.64 Å². The van der Waals surface area contributed by atoms with E-state index in [1.807, 2.05) is 30.4 Å². The van der Waals surface area contributed by atoms with Crippen molar-refractivity contribution >= 4 is 5.69 Å². The number of halogens is 1. The standard InChI is InChI=1S/C17H19FN4O/c1-21-8-13(7-20-21)15-10-22(9-14(15)11-23-2)17-4-3-12(6-19)5-16(17)18/h3-5,7-8,14-15H,9-11H2,1-2H3/t14-,15-/m0/s1. The number of aromatic nitrogens is 2. The molecule has 0 spiro atoms. The van der Waals surface area contributed by atoms with Crippen molar-refractivity contribution in [3.05, 3.63) is 47.5 Å². The first-order valence-electron chi connectivity index (χ1n) is 7.54. The van der Waals surface area contributed by atoms with Gasteiger partial charge >= 0.3 is 0 Å². The SMILES string of the molecule is COC[C@@H]1CN(c2ccc(C#N)cc2F)C[C@H]1c1cnn(C)c1. The van der Waals surface area contributed by atoms with Crippen molar-refractivity contribution in [1.82, 2.24) is 9.78 Å². The molecule has 5 nitrogen and oxygen atoms in total. The van der Waals surface area contributed by atoms with Gasteiger partial charge in [-0.25, -0.2) is 4.39 Å². The van der Waals surface area contributed by atoms with Gasteiger partial charge in [-0.3, -0.25) is 4.68 Å². The molecule has 1 aliphatic heterocycles. The number of hydrogen-bond acceptors (Lipinski definition) is 4. The van der Waals surface area contributed by atoms with Gasteiger partial charge in [0.05, 0.1) is 30.1 Å². The van der Waals surface area contributed by atoms with E-state index in [9.17, 15) is 4.39 Å². The van der Waals surface area contributed by atoms with Gasteiger partial charge in [0.15, 0.2) is 0 Å². The summed E-state index contributed by atoms with van der Waals surface area (Å²) < 4.78 is 21.4. The number of rotatable bonds is 4. The molecule has 1 aromatic heterocycles. The van der Waals surface area contributed by atoms with Crippen LogP contribution in [0.25, 0.3) is 0 Å². The number of nitrogens with zero attached hydrogens (tertiary/aromatic N) is 4. The van der Waals surface area contributed by atoms with Crippen molar-refractivity contribution in [2.45, 2.75) is 5.92 Å². The molecule has 1 aliphatic rings. The van der Waals surface area contributed by atoms with E-state index >= 15 is 0 Å². The second kappa shape index (κ2) is 6.39. The summed E-state index contributed by atoms with van der Waals surface area (Å²) in [7, 11) is 3.58. The Hall–Kier alpha value is -2.39. The lowest BCUT2D eigenvalue weighted by Gasteiger charge is -2.19. The third-order valence-corrected chi connectivity index (χ3v) is 4.39. The van der Waals surface area contributed by atoms with Gasteiger partial charge in [0.1, 0.15) is 5.82 Å². The lowest BCUT2D eigenvalue weighted by Crippen LogP contribution is -2.22. The van der Waals surface area contributed by atoms with E-state index in [1.54, 1.807) is 23.9 Å². The van der Waals surface area contributed by atoms with Crippen molar-refractivity contribution in [1.29, 1.82) is 5.26 Å². The van der Waals surface area contributed by atoms with E-state index in [4.69, 9.17) is 10.00 Å². The third-order valence-electron chi connectivity index (χ3n) is 4.39. The molecule has 2 aromatic rings. The highest BCUT2D eigenvalue weighted by Crippen LogP contribution is 2.36. The molecule has 23 heavy (non-hydrogen) atoms. The molecule has 0 unspecified atom stereocenters. The maximum absolute atomic E-state index is 14.3. The molecule has 1 saturated heterocycles. The topological polar surface area (TPSA) is 54.1 Å². The fraction of sp³-hybridized carbons (Fsp3) is 0.412. The molecule has 2 heterocycles. The Labute approximate surface area is 134 Å². The molecule has 120 valence electrons. The second-order valence-electron chi connectivity index (χ2n) is 5.95. The Morgan fingerprint density at radius 3 is 2.87 bits per heavy atom. The molecule has 0 saturated carbocycles. The van der Waals surface area contributed by atoms with Crippen molar-refractivity contribution in [2.75, 3.05) is 31.7 Å². The molecule has 3 rings (SSSR count). The van der Waals surface area contributed by atoms with Crippen LogP contribution in [0.2, 0.25) is 0 Å². The first kappa shape index (κ1) is 15.5. The molecule has 0 N–H and O–H groups in total. The number of ether oxygens (including phenoxy) is 1. The maximum Gasteiger partial charge on any atom is 0.147 e. The van der Waals surface area contributed by atoms with Crippen LogP contribution in [0.15, 0.2) is 30.6 Å². The average molecular weight is 314 g/mol. The quantitative estimate of drug-likeness (QED) is 0.869. The Bertz CT molecular complexity index is 736. The Morgan fingerprint density at radius 2 is 2.26 bits per heavy atom. The molecular formula is C17H19FN4O. The molecule has 0 radical (unpaired) electrons. The normalized spacial score (nSPS) is 20.7. The molecule has 0 aliphatic carbocycles. The van der Waals surface area contributed by atoms with Crippen LogP contribution in [0, 0.1) is 23.1 Å². The zero-order chi connectivity index (χ0) is 16.4. The minimum atomic E-state index is -0.355. The summed E-state index contributed by atoms with van der Waals surface area (Å²) in [4.78, 5) is 2.03. The lowest BCUT2D eigenvalue weighted by atomic mass is 9.92. The van der Waals surface area contributed by atoms with Gasteiger partial charge in [-0.05, 0) is 23.8 Å². The largest absolute Gasteiger partial charge is 0.384 e. The number of anilines is 1. The molecule has 2 atom stereocenters. The van der Waals surface area contributed by atoms with Crippen LogP contribution in [-0.2, 0) is 11.8 Å². The van der Waals surface area contributed by atoms with E-state index in [0.717, 1.165) is 12.1 Å². The second-order valence-corrected chi connectivity index (χ2v) is 5.95. The van der Waals surface area contributed by atoms with Crippen molar-refractivity contribution in [2.24, 2.45) is 13.0 Å². The number of nitriles is 1. The number of benzene rings is 1. The smallest absolute Gasteiger partial charge is 0.147 e. The van der Waals surface area contributed by atoms with E-state index in [1.165, 1.54) is 6.07 Å². The van der Waals surface area contributed by atoms with E-state index in [0.29, 0.717) is 24.4 Å². The van der Waals surface area contributed by atoms with Gasteiger partial charge in [0, 0.05) is 45.3 Å². The fourth-order valence-electron chi connectivity index (χ4n) is 3.29. The summed E-state index contributed by atoms with van der Waals surface area (Å²) in [6.45, 7) is 2.05. The van der Waals surface area contributed by atoms with Gasteiger partial charge in [0.2, 0.25) is 0 Å².